The van der Waals surface area contributed by atoms with Crippen molar-refractivity contribution in [3.8, 4) is 0 Å². The summed E-state index contributed by atoms with van der Waals surface area (Å²) in [5, 5.41) is 0.737. The van der Waals surface area contributed by atoms with Gasteiger partial charge in [-0.1, -0.05) is 44.5 Å². The summed E-state index contributed by atoms with van der Waals surface area (Å²) in [6.45, 7) is 11.3. The van der Waals surface area contributed by atoms with E-state index in [4.69, 9.17) is 11.6 Å². The highest BCUT2D eigenvalue weighted by atomic mass is 35.5. The number of amides is 1. The molecule has 0 spiro atoms. The summed E-state index contributed by atoms with van der Waals surface area (Å²) in [7, 11) is 0. The fourth-order valence-corrected chi connectivity index (χ4v) is 3.25. The molecule has 1 saturated heterocycles. The van der Waals surface area contributed by atoms with Gasteiger partial charge < -0.3 is 9.80 Å². The predicted molar refractivity (Wildman–Crippen MR) is 101 cm³/mol. The molecule has 0 aromatic heterocycles. The summed E-state index contributed by atoms with van der Waals surface area (Å²) in [4.78, 5) is 17.1. The monoisotopic (exact) mass is 350 g/mol. The molecular formula is C20H31ClN2O. The van der Waals surface area contributed by atoms with Crippen LogP contribution >= 0.6 is 11.6 Å². The first kappa shape index (κ1) is 19.3. The van der Waals surface area contributed by atoms with Crippen molar-refractivity contribution < 1.29 is 4.79 Å². The normalized spacial score (nSPS) is 16.5. The van der Waals surface area contributed by atoms with Gasteiger partial charge in [-0.3, -0.25) is 4.79 Å². The van der Waals surface area contributed by atoms with E-state index in [9.17, 15) is 4.79 Å². The highest BCUT2D eigenvalue weighted by Gasteiger charge is 2.19. The van der Waals surface area contributed by atoms with Crippen molar-refractivity contribution in [3.05, 3.63) is 34.9 Å². The van der Waals surface area contributed by atoms with Gasteiger partial charge in [0.2, 0.25) is 5.91 Å². The molecule has 3 nitrogen and oxygen atoms in total. The number of nitrogens with zero attached hydrogens (tertiary/aromatic N) is 2. The van der Waals surface area contributed by atoms with E-state index in [0.717, 1.165) is 42.7 Å². The standard InChI is InChI=1S/C20H31ClN2O/c1-16(2)14-20(24)23(15-18-4-6-19(21)7-5-18)13-12-22-10-8-17(3)9-11-22/h4-7,16-17H,8-15H2,1-3H3. The van der Waals surface area contributed by atoms with Crippen molar-refractivity contribution in [1.82, 2.24) is 9.80 Å². The number of likely N-dealkylation sites (tertiary alicyclic amines) is 1. The number of rotatable bonds is 7. The highest BCUT2D eigenvalue weighted by Crippen LogP contribution is 2.17. The molecule has 1 aromatic rings. The second-order valence-corrected chi connectivity index (χ2v) is 8.00. The molecule has 0 bridgehead atoms. The minimum atomic E-state index is 0.255. The zero-order valence-electron chi connectivity index (χ0n) is 15.3. The van der Waals surface area contributed by atoms with Crippen molar-refractivity contribution in [2.24, 2.45) is 11.8 Å². The number of carbonyl (C=O) groups is 1. The van der Waals surface area contributed by atoms with Crippen molar-refractivity contribution in [2.75, 3.05) is 26.2 Å². The van der Waals surface area contributed by atoms with Gasteiger partial charge in [-0.05, 0) is 55.5 Å². The van der Waals surface area contributed by atoms with Crippen molar-refractivity contribution in [1.29, 1.82) is 0 Å². The van der Waals surface area contributed by atoms with Gasteiger partial charge in [-0.15, -0.1) is 0 Å². The van der Waals surface area contributed by atoms with Gasteiger partial charge in [0, 0.05) is 31.1 Å². The third kappa shape index (κ3) is 6.45. The molecular weight excluding hydrogens is 320 g/mol. The third-order valence-corrected chi connectivity index (χ3v) is 5.04. The molecule has 1 aliphatic heterocycles. The Balaban J connectivity index is 1.94. The molecule has 1 aliphatic rings. The van der Waals surface area contributed by atoms with Gasteiger partial charge in [-0.25, -0.2) is 0 Å². The molecule has 0 unspecified atom stereocenters. The van der Waals surface area contributed by atoms with E-state index in [1.165, 1.54) is 12.8 Å². The van der Waals surface area contributed by atoms with Crippen molar-refractivity contribution in [2.45, 2.75) is 46.6 Å². The number of piperidine rings is 1. The summed E-state index contributed by atoms with van der Waals surface area (Å²) in [5.74, 6) is 1.49. The van der Waals surface area contributed by atoms with E-state index in [2.05, 4.69) is 25.7 Å². The zero-order valence-corrected chi connectivity index (χ0v) is 16.1. The SMILES string of the molecule is CC(C)CC(=O)N(CCN1CCC(C)CC1)Cc1ccc(Cl)cc1. The van der Waals surface area contributed by atoms with Crippen molar-refractivity contribution >= 4 is 17.5 Å². The molecule has 0 radical (unpaired) electrons. The molecule has 0 saturated carbocycles. The van der Waals surface area contributed by atoms with E-state index in [-0.39, 0.29) is 5.91 Å². The summed E-state index contributed by atoms with van der Waals surface area (Å²) < 4.78 is 0. The maximum absolute atomic E-state index is 12.6. The maximum Gasteiger partial charge on any atom is 0.223 e. The summed E-state index contributed by atoms with van der Waals surface area (Å²) >= 11 is 5.97. The topological polar surface area (TPSA) is 23.6 Å². The lowest BCUT2D eigenvalue weighted by atomic mass is 9.99. The van der Waals surface area contributed by atoms with Crippen LogP contribution in [0.25, 0.3) is 0 Å². The fraction of sp³-hybridized carbons (Fsp3) is 0.650. The van der Waals surface area contributed by atoms with Crippen LogP contribution in [0.15, 0.2) is 24.3 Å². The quantitative estimate of drug-likeness (QED) is 0.725. The number of carbonyl (C=O) groups excluding carboxylic acids is 1. The first-order valence-electron chi connectivity index (χ1n) is 9.18. The first-order chi connectivity index (χ1) is 11.4. The molecule has 24 heavy (non-hydrogen) atoms. The Kier molecular flexibility index (Phi) is 7.57. The molecule has 0 atom stereocenters. The van der Waals surface area contributed by atoms with E-state index in [1.54, 1.807) is 0 Å². The van der Waals surface area contributed by atoms with Crippen LogP contribution in [0.5, 0.6) is 0 Å². The first-order valence-corrected chi connectivity index (χ1v) is 9.56. The minimum absolute atomic E-state index is 0.255. The van der Waals surface area contributed by atoms with Crippen LogP contribution in [0.1, 0.15) is 45.6 Å². The molecule has 0 aliphatic carbocycles. The van der Waals surface area contributed by atoms with Crippen LogP contribution in [0.2, 0.25) is 5.02 Å². The maximum atomic E-state index is 12.6. The van der Waals surface area contributed by atoms with Gasteiger partial charge in [0.1, 0.15) is 0 Å². The lowest BCUT2D eigenvalue weighted by molar-refractivity contribution is -0.132. The third-order valence-electron chi connectivity index (χ3n) is 4.78. The summed E-state index contributed by atoms with van der Waals surface area (Å²) in [5.41, 5.74) is 1.14. The zero-order chi connectivity index (χ0) is 17.5. The Morgan fingerprint density at radius 2 is 1.88 bits per heavy atom. The summed E-state index contributed by atoms with van der Waals surface area (Å²) in [6.07, 6.45) is 3.17. The lowest BCUT2D eigenvalue weighted by Gasteiger charge is -2.32. The van der Waals surface area contributed by atoms with Gasteiger partial charge in [0.15, 0.2) is 0 Å². The van der Waals surface area contributed by atoms with E-state index in [1.807, 2.05) is 29.2 Å². The predicted octanol–water partition coefficient (Wildman–Crippen LogP) is 4.45. The van der Waals surface area contributed by atoms with Gasteiger partial charge in [0.05, 0.1) is 0 Å². The molecule has 1 heterocycles. The van der Waals surface area contributed by atoms with Crippen molar-refractivity contribution in [3.63, 3.8) is 0 Å². The Morgan fingerprint density at radius 3 is 2.46 bits per heavy atom. The number of hydrogen-bond acceptors (Lipinski definition) is 2. The van der Waals surface area contributed by atoms with Crippen LogP contribution in [0, 0.1) is 11.8 Å². The molecule has 1 amide bonds. The van der Waals surface area contributed by atoms with Gasteiger partial charge >= 0.3 is 0 Å². The average Bonchev–Trinajstić information content (AvgIpc) is 2.54. The Morgan fingerprint density at radius 1 is 1.25 bits per heavy atom. The smallest absolute Gasteiger partial charge is 0.223 e. The molecule has 134 valence electrons. The van der Waals surface area contributed by atoms with E-state index >= 15 is 0 Å². The number of halogens is 1. The van der Waals surface area contributed by atoms with Crippen LogP contribution in [-0.4, -0.2) is 41.9 Å². The summed E-state index contributed by atoms with van der Waals surface area (Å²) in [6, 6.07) is 7.82. The van der Waals surface area contributed by atoms with Crippen LogP contribution in [0.4, 0.5) is 0 Å². The van der Waals surface area contributed by atoms with Crippen LogP contribution in [0.3, 0.4) is 0 Å². The number of benzene rings is 1. The minimum Gasteiger partial charge on any atom is -0.337 e. The number of hydrogen-bond donors (Lipinski definition) is 0. The fourth-order valence-electron chi connectivity index (χ4n) is 3.13. The molecule has 1 aromatic carbocycles. The Bertz CT molecular complexity index is 507. The van der Waals surface area contributed by atoms with Crippen LogP contribution in [-0.2, 0) is 11.3 Å². The lowest BCUT2D eigenvalue weighted by Crippen LogP contribution is -2.41. The molecule has 1 fully saturated rings. The Hall–Kier alpha value is -1.06. The molecule has 0 N–H and O–H groups in total. The average molecular weight is 351 g/mol. The second-order valence-electron chi connectivity index (χ2n) is 7.56. The second kappa shape index (κ2) is 9.43. The van der Waals surface area contributed by atoms with E-state index < -0.39 is 0 Å². The van der Waals surface area contributed by atoms with Crippen LogP contribution < -0.4 is 0 Å². The molecule has 4 heteroatoms. The molecule has 2 rings (SSSR count). The van der Waals surface area contributed by atoms with Gasteiger partial charge in [0.25, 0.3) is 0 Å². The van der Waals surface area contributed by atoms with Gasteiger partial charge in [-0.2, -0.15) is 0 Å². The Labute approximate surface area is 152 Å². The van der Waals surface area contributed by atoms with E-state index in [0.29, 0.717) is 18.9 Å². The largest absolute Gasteiger partial charge is 0.337 e. The highest BCUT2D eigenvalue weighted by molar-refractivity contribution is 6.30.